The molecule has 0 heterocycles. The first kappa shape index (κ1) is 23.5. The molecular weight excluding hydrogens is 416 g/mol. The van der Waals surface area contributed by atoms with Crippen molar-refractivity contribution in [1.29, 1.82) is 0 Å². The largest absolute Gasteiger partial charge is 0.376 e. The second-order valence-electron chi connectivity index (χ2n) is 7.86. The lowest BCUT2D eigenvalue weighted by molar-refractivity contribution is -0.114. The third kappa shape index (κ3) is 7.50. The van der Waals surface area contributed by atoms with E-state index in [1.807, 2.05) is 44.2 Å². The van der Waals surface area contributed by atoms with Gasteiger partial charge in [0, 0.05) is 35.1 Å². The Morgan fingerprint density at radius 2 is 1.48 bits per heavy atom. The quantitative estimate of drug-likeness (QED) is 0.403. The molecule has 3 amide bonds. The van der Waals surface area contributed by atoms with E-state index in [1.54, 1.807) is 48.5 Å². The number of amides is 3. The molecule has 3 aromatic rings. The number of benzene rings is 3. The number of carbonyl (C=O) groups excluding carboxylic acids is 3. The summed E-state index contributed by atoms with van der Waals surface area (Å²) in [6.45, 7) is 4.26. The monoisotopic (exact) mass is 444 g/mol. The second-order valence-corrected chi connectivity index (χ2v) is 7.86. The molecule has 7 nitrogen and oxygen atoms in total. The van der Waals surface area contributed by atoms with Crippen LogP contribution in [0.1, 0.15) is 40.1 Å². The van der Waals surface area contributed by atoms with Crippen molar-refractivity contribution in [3.8, 4) is 0 Å². The molecule has 3 aromatic carbocycles. The average molecular weight is 445 g/mol. The molecule has 0 unspecified atom stereocenters. The van der Waals surface area contributed by atoms with Gasteiger partial charge >= 0.3 is 0 Å². The van der Waals surface area contributed by atoms with Crippen LogP contribution in [-0.4, -0.2) is 30.3 Å². The molecule has 4 N–H and O–H groups in total. The summed E-state index contributed by atoms with van der Waals surface area (Å²) in [6, 6.07) is 23.4. The SMILES string of the molecule is CC(C)NC(=O)c1ccc(NC(=O)CNc2cccc(C(=O)NCc3ccccc3)c2)cc1. The maximum absolute atomic E-state index is 12.4. The van der Waals surface area contributed by atoms with E-state index < -0.39 is 0 Å². The van der Waals surface area contributed by atoms with Crippen molar-refractivity contribution in [3.63, 3.8) is 0 Å². The number of carbonyl (C=O) groups is 3. The van der Waals surface area contributed by atoms with Crippen LogP contribution in [0.3, 0.4) is 0 Å². The molecule has 0 bridgehead atoms. The summed E-state index contributed by atoms with van der Waals surface area (Å²) < 4.78 is 0. The maximum Gasteiger partial charge on any atom is 0.251 e. The summed E-state index contributed by atoms with van der Waals surface area (Å²) in [5.41, 5.74) is 3.31. The van der Waals surface area contributed by atoms with Crippen LogP contribution in [0.5, 0.6) is 0 Å². The molecule has 0 radical (unpaired) electrons. The highest BCUT2D eigenvalue weighted by Crippen LogP contribution is 2.12. The van der Waals surface area contributed by atoms with Gasteiger partial charge in [-0.3, -0.25) is 14.4 Å². The summed E-state index contributed by atoms with van der Waals surface area (Å²) in [4.78, 5) is 36.7. The lowest BCUT2D eigenvalue weighted by Gasteiger charge is -2.11. The van der Waals surface area contributed by atoms with Gasteiger partial charge in [-0.25, -0.2) is 0 Å². The van der Waals surface area contributed by atoms with Gasteiger partial charge in [-0.1, -0.05) is 36.4 Å². The minimum Gasteiger partial charge on any atom is -0.376 e. The second kappa shape index (κ2) is 11.5. The van der Waals surface area contributed by atoms with Crippen LogP contribution in [0.15, 0.2) is 78.9 Å². The smallest absolute Gasteiger partial charge is 0.251 e. The first-order valence-corrected chi connectivity index (χ1v) is 10.8. The van der Waals surface area contributed by atoms with Crippen molar-refractivity contribution >= 4 is 29.1 Å². The Labute approximate surface area is 193 Å². The number of hydrogen-bond acceptors (Lipinski definition) is 4. The molecule has 0 fully saturated rings. The van der Waals surface area contributed by atoms with Crippen LogP contribution >= 0.6 is 0 Å². The van der Waals surface area contributed by atoms with Gasteiger partial charge in [0.05, 0.1) is 6.54 Å². The molecule has 7 heteroatoms. The van der Waals surface area contributed by atoms with Gasteiger partial charge in [-0.15, -0.1) is 0 Å². The molecule has 0 aliphatic heterocycles. The van der Waals surface area contributed by atoms with E-state index in [2.05, 4.69) is 21.3 Å². The Morgan fingerprint density at radius 1 is 0.758 bits per heavy atom. The lowest BCUT2D eigenvalue weighted by atomic mass is 10.1. The van der Waals surface area contributed by atoms with Gasteiger partial charge < -0.3 is 21.3 Å². The molecule has 0 aliphatic carbocycles. The maximum atomic E-state index is 12.4. The van der Waals surface area contributed by atoms with Gasteiger partial charge in [-0.05, 0) is 61.9 Å². The molecule has 0 aliphatic rings. The Kier molecular flexibility index (Phi) is 8.18. The number of nitrogens with one attached hydrogen (secondary N) is 4. The van der Waals surface area contributed by atoms with E-state index in [9.17, 15) is 14.4 Å². The van der Waals surface area contributed by atoms with Crippen molar-refractivity contribution in [1.82, 2.24) is 10.6 Å². The lowest BCUT2D eigenvalue weighted by Crippen LogP contribution is -2.30. The van der Waals surface area contributed by atoms with Gasteiger partial charge in [-0.2, -0.15) is 0 Å². The molecule has 3 rings (SSSR count). The number of hydrogen-bond donors (Lipinski definition) is 4. The van der Waals surface area contributed by atoms with Crippen LogP contribution < -0.4 is 21.3 Å². The molecular formula is C26H28N4O3. The van der Waals surface area contributed by atoms with Crippen molar-refractivity contribution < 1.29 is 14.4 Å². The van der Waals surface area contributed by atoms with Crippen molar-refractivity contribution in [2.75, 3.05) is 17.2 Å². The number of rotatable bonds is 9. The average Bonchev–Trinajstić information content (AvgIpc) is 2.82. The first-order chi connectivity index (χ1) is 15.9. The Bertz CT molecular complexity index is 1100. The minimum absolute atomic E-state index is 0.0324. The third-order valence-electron chi connectivity index (χ3n) is 4.72. The molecule has 0 spiro atoms. The summed E-state index contributed by atoms with van der Waals surface area (Å²) in [5.74, 6) is -0.584. The fourth-order valence-electron chi connectivity index (χ4n) is 3.09. The topological polar surface area (TPSA) is 99.3 Å². The number of anilines is 2. The molecule has 0 saturated heterocycles. The van der Waals surface area contributed by atoms with Gasteiger partial charge in [0.15, 0.2) is 0 Å². The Morgan fingerprint density at radius 3 is 2.18 bits per heavy atom. The zero-order valence-corrected chi connectivity index (χ0v) is 18.7. The first-order valence-electron chi connectivity index (χ1n) is 10.8. The van der Waals surface area contributed by atoms with Gasteiger partial charge in [0.25, 0.3) is 11.8 Å². The fraction of sp³-hybridized carbons (Fsp3) is 0.192. The van der Waals surface area contributed by atoms with Gasteiger partial charge in [0.2, 0.25) is 5.91 Å². The zero-order chi connectivity index (χ0) is 23.6. The van der Waals surface area contributed by atoms with Crippen molar-refractivity contribution in [2.45, 2.75) is 26.4 Å². The van der Waals surface area contributed by atoms with E-state index in [1.165, 1.54) is 0 Å². The highest BCUT2D eigenvalue weighted by molar-refractivity contribution is 5.97. The van der Waals surface area contributed by atoms with E-state index in [-0.39, 0.29) is 30.3 Å². The normalized spacial score (nSPS) is 10.4. The van der Waals surface area contributed by atoms with Crippen LogP contribution in [-0.2, 0) is 11.3 Å². The third-order valence-corrected chi connectivity index (χ3v) is 4.72. The van der Waals surface area contributed by atoms with E-state index in [4.69, 9.17) is 0 Å². The zero-order valence-electron chi connectivity index (χ0n) is 18.7. The van der Waals surface area contributed by atoms with E-state index >= 15 is 0 Å². The van der Waals surface area contributed by atoms with E-state index in [0.29, 0.717) is 29.0 Å². The van der Waals surface area contributed by atoms with Crippen LogP contribution in [0.2, 0.25) is 0 Å². The van der Waals surface area contributed by atoms with Gasteiger partial charge in [0.1, 0.15) is 0 Å². The van der Waals surface area contributed by atoms with Crippen LogP contribution in [0.4, 0.5) is 11.4 Å². The van der Waals surface area contributed by atoms with Crippen molar-refractivity contribution in [3.05, 3.63) is 95.6 Å². The van der Waals surface area contributed by atoms with Crippen LogP contribution in [0, 0.1) is 0 Å². The summed E-state index contributed by atoms with van der Waals surface area (Å²) in [5, 5.41) is 11.5. The summed E-state index contributed by atoms with van der Waals surface area (Å²) in [7, 11) is 0. The molecule has 0 aromatic heterocycles. The molecule has 0 saturated carbocycles. The summed E-state index contributed by atoms with van der Waals surface area (Å²) in [6.07, 6.45) is 0. The molecule has 33 heavy (non-hydrogen) atoms. The fourth-order valence-corrected chi connectivity index (χ4v) is 3.09. The van der Waals surface area contributed by atoms with Crippen molar-refractivity contribution in [2.24, 2.45) is 0 Å². The Hall–Kier alpha value is -4.13. The summed E-state index contributed by atoms with van der Waals surface area (Å²) >= 11 is 0. The Balaban J connectivity index is 1.49. The van der Waals surface area contributed by atoms with Crippen LogP contribution in [0.25, 0.3) is 0 Å². The minimum atomic E-state index is -0.242. The predicted molar refractivity (Wildman–Crippen MR) is 130 cm³/mol. The molecule has 170 valence electrons. The molecule has 0 atom stereocenters. The van der Waals surface area contributed by atoms with E-state index in [0.717, 1.165) is 5.56 Å². The highest BCUT2D eigenvalue weighted by atomic mass is 16.2. The standard InChI is InChI=1S/C26H28N4O3/c1-18(2)29-26(33)20-11-13-22(14-12-20)30-24(31)17-27-23-10-6-9-21(15-23)25(32)28-16-19-7-4-3-5-8-19/h3-15,18,27H,16-17H2,1-2H3,(H,28,32)(H,29,33)(H,30,31). The highest BCUT2D eigenvalue weighted by Gasteiger charge is 2.09. The predicted octanol–water partition coefficient (Wildman–Crippen LogP) is 3.81.